The lowest BCUT2D eigenvalue weighted by atomic mass is 10.2. The van der Waals surface area contributed by atoms with Crippen LogP contribution in [0.2, 0.25) is 0 Å². The first kappa shape index (κ1) is 13.0. The molecule has 94 valence electrons. The van der Waals surface area contributed by atoms with Crippen LogP contribution < -0.4 is 5.32 Å². The molecule has 1 heterocycles. The van der Waals surface area contributed by atoms with Gasteiger partial charge in [-0.3, -0.25) is 0 Å². The topological polar surface area (TPSA) is 109 Å². The van der Waals surface area contributed by atoms with Crippen LogP contribution >= 0.6 is 0 Å². The number of nitrogens with zero attached hydrogens (tertiary/aromatic N) is 5. The number of nitrogens with one attached hydrogen (secondary N) is 1. The van der Waals surface area contributed by atoms with Gasteiger partial charge in [0, 0.05) is 6.54 Å². The second-order valence-electron chi connectivity index (χ2n) is 3.79. The molecule has 2 aromatic rings. The first-order valence-corrected chi connectivity index (χ1v) is 5.68. The van der Waals surface area contributed by atoms with Gasteiger partial charge in [-0.25, -0.2) is 9.97 Å². The Kier molecular flexibility index (Phi) is 3.87. The maximum Gasteiger partial charge on any atom is 0.184 e. The van der Waals surface area contributed by atoms with Gasteiger partial charge in [-0.05, 0) is 5.56 Å². The SMILES string of the molecule is N#Cc1nc(C#N)c(NCc2ccccc2)nc1C#N. The molecule has 0 unspecified atom stereocenters. The smallest absolute Gasteiger partial charge is 0.184 e. The molecule has 0 spiro atoms. The molecule has 0 aliphatic rings. The summed E-state index contributed by atoms with van der Waals surface area (Å²) in [4.78, 5) is 7.79. The lowest BCUT2D eigenvalue weighted by molar-refractivity contribution is 1.05. The molecule has 0 aliphatic carbocycles. The van der Waals surface area contributed by atoms with Gasteiger partial charge in [0.05, 0.1) is 0 Å². The van der Waals surface area contributed by atoms with Gasteiger partial charge >= 0.3 is 0 Å². The normalized spacial score (nSPS) is 9.05. The van der Waals surface area contributed by atoms with Gasteiger partial charge < -0.3 is 5.32 Å². The van der Waals surface area contributed by atoms with Crippen LogP contribution in [0.15, 0.2) is 30.3 Å². The van der Waals surface area contributed by atoms with E-state index in [0.29, 0.717) is 6.54 Å². The average molecular weight is 260 g/mol. The van der Waals surface area contributed by atoms with E-state index in [-0.39, 0.29) is 22.9 Å². The van der Waals surface area contributed by atoms with Crippen LogP contribution in [0.1, 0.15) is 22.6 Å². The van der Waals surface area contributed by atoms with Crippen molar-refractivity contribution in [1.29, 1.82) is 15.8 Å². The molecule has 0 aliphatic heterocycles. The van der Waals surface area contributed by atoms with E-state index in [0.717, 1.165) is 5.56 Å². The Morgan fingerprint density at radius 3 is 2.05 bits per heavy atom. The molecule has 0 bridgehead atoms. The Hall–Kier alpha value is -3.43. The number of hydrogen-bond acceptors (Lipinski definition) is 6. The monoisotopic (exact) mass is 260 g/mol. The first-order valence-electron chi connectivity index (χ1n) is 5.68. The number of rotatable bonds is 3. The van der Waals surface area contributed by atoms with Crippen molar-refractivity contribution >= 4 is 5.82 Å². The molecule has 0 fully saturated rings. The van der Waals surface area contributed by atoms with E-state index in [1.807, 2.05) is 36.4 Å². The molecule has 2 rings (SSSR count). The van der Waals surface area contributed by atoms with Crippen LogP contribution in [0.5, 0.6) is 0 Å². The van der Waals surface area contributed by atoms with Crippen LogP contribution in [-0.2, 0) is 6.54 Å². The minimum atomic E-state index is -0.144. The molecule has 0 saturated carbocycles. The van der Waals surface area contributed by atoms with Crippen molar-refractivity contribution in [3.05, 3.63) is 53.0 Å². The van der Waals surface area contributed by atoms with Crippen molar-refractivity contribution in [1.82, 2.24) is 9.97 Å². The molecule has 6 nitrogen and oxygen atoms in total. The summed E-state index contributed by atoms with van der Waals surface area (Å²) < 4.78 is 0. The maximum absolute atomic E-state index is 9.01. The number of benzene rings is 1. The minimum absolute atomic E-state index is 0.00326. The van der Waals surface area contributed by atoms with Gasteiger partial charge in [0.2, 0.25) is 0 Å². The quantitative estimate of drug-likeness (QED) is 0.899. The molecule has 0 amide bonds. The molecule has 1 aromatic heterocycles. The molecule has 0 radical (unpaired) electrons. The van der Waals surface area contributed by atoms with Crippen LogP contribution in [0, 0.1) is 34.0 Å². The fraction of sp³-hybridized carbons (Fsp3) is 0.0714. The van der Waals surface area contributed by atoms with Crippen molar-refractivity contribution in [2.75, 3.05) is 5.32 Å². The molecule has 1 aromatic carbocycles. The van der Waals surface area contributed by atoms with Gasteiger partial charge in [-0.2, -0.15) is 15.8 Å². The summed E-state index contributed by atoms with van der Waals surface area (Å²) in [5, 5.41) is 29.7. The van der Waals surface area contributed by atoms with Gasteiger partial charge in [-0.1, -0.05) is 30.3 Å². The van der Waals surface area contributed by atoms with E-state index in [4.69, 9.17) is 15.8 Å². The van der Waals surface area contributed by atoms with Crippen molar-refractivity contribution in [2.24, 2.45) is 0 Å². The van der Waals surface area contributed by atoms with Crippen LogP contribution in [-0.4, -0.2) is 9.97 Å². The first-order chi connectivity index (χ1) is 9.78. The largest absolute Gasteiger partial charge is 0.364 e. The molecule has 20 heavy (non-hydrogen) atoms. The van der Waals surface area contributed by atoms with Crippen molar-refractivity contribution in [3.8, 4) is 18.2 Å². The van der Waals surface area contributed by atoms with Crippen molar-refractivity contribution in [3.63, 3.8) is 0 Å². The van der Waals surface area contributed by atoms with Crippen LogP contribution in [0.3, 0.4) is 0 Å². The third kappa shape index (κ3) is 2.69. The second kappa shape index (κ2) is 5.95. The zero-order valence-electron chi connectivity index (χ0n) is 10.3. The molecular formula is C14H8N6. The van der Waals surface area contributed by atoms with Crippen molar-refractivity contribution < 1.29 is 0 Å². The summed E-state index contributed by atoms with van der Waals surface area (Å²) in [6.45, 7) is 0.445. The predicted molar refractivity (Wildman–Crippen MR) is 69.9 cm³/mol. The average Bonchev–Trinajstić information content (AvgIpc) is 2.52. The summed E-state index contributed by atoms with van der Waals surface area (Å²) in [6.07, 6.45) is 0. The van der Waals surface area contributed by atoms with Crippen LogP contribution in [0.4, 0.5) is 5.82 Å². The Morgan fingerprint density at radius 2 is 1.45 bits per heavy atom. The number of aromatic nitrogens is 2. The van der Waals surface area contributed by atoms with Gasteiger partial charge in [0.15, 0.2) is 22.9 Å². The number of hydrogen-bond donors (Lipinski definition) is 1. The lowest BCUT2D eigenvalue weighted by Crippen LogP contribution is -2.08. The molecule has 0 atom stereocenters. The summed E-state index contributed by atoms with van der Waals surface area (Å²) >= 11 is 0. The highest BCUT2D eigenvalue weighted by Crippen LogP contribution is 2.13. The lowest BCUT2D eigenvalue weighted by Gasteiger charge is -2.07. The van der Waals surface area contributed by atoms with Gasteiger partial charge in [0.1, 0.15) is 18.2 Å². The highest BCUT2D eigenvalue weighted by atomic mass is 15.0. The Bertz CT molecular complexity index is 746. The second-order valence-corrected chi connectivity index (χ2v) is 3.79. The molecule has 1 N–H and O–H groups in total. The van der Waals surface area contributed by atoms with E-state index in [1.165, 1.54) is 0 Å². The third-order valence-corrected chi connectivity index (χ3v) is 2.52. The van der Waals surface area contributed by atoms with Gasteiger partial charge in [0.25, 0.3) is 0 Å². The fourth-order valence-corrected chi connectivity index (χ4v) is 1.57. The zero-order chi connectivity index (χ0) is 14.4. The summed E-state index contributed by atoms with van der Waals surface area (Å²) in [7, 11) is 0. The number of anilines is 1. The van der Waals surface area contributed by atoms with E-state index < -0.39 is 0 Å². The van der Waals surface area contributed by atoms with Crippen LogP contribution in [0.25, 0.3) is 0 Å². The molecule has 0 saturated heterocycles. The van der Waals surface area contributed by atoms with E-state index in [2.05, 4.69) is 15.3 Å². The third-order valence-electron chi connectivity index (χ3n) is 2.52. The number of nitriles is 3. The maximum atomic E-state index is 9.01. The van der Waals surface area contributed by atoms with E-state index in [1.54, 1.807) is 12.1 Å². The minimum Gasteiger partial charge on any atom is -0.364 e. The van der Waals surface area contributed by atoms with E-state index >= 15 is 0 Å². The summed E-state index contributed by atoms with van der Waals surface area (Å²) in [5.74, 6) is 0.201. The van der Waals surface area contributed by atoms with Crippen molar-refractivity contribution in [2.45, 2.75) is 6.54 Å². The zero-order valence-corrected chi connectivity index (χ0v) is 10.3. The Balaban J connectivity index is 2.31. The molecular weight excluding hydrogens is 252 g/mol. The highest BCUT2D eigenvalue weighted by Gasteiger charge is 2.12. The Labute approximate surface area is 115 Å². The summed E-state index contributed by atoms with van der Waals surface area (Å²) in [6, 6.07) is 14.9. The fourth-order valence-electron chi connectivity index (χ4n) is 1.57. The molecule has 6 heteroatoms. The van der Waals surface area contributed by atoms with E-state index in [9.17, 15) is 0 Å². The standard InChI is InChI=1S/C14H8N6/c15-6-11-12(7-16)20-14(13(8-17)19-11)18-9-10-4-2-1-3-5-10/h1-5H,9H2,(H,18,20). The Morgan fingerprint density at radius 1 is 0.850 bits per heavy atom. The predicted octanol–water partition coefficient (Wildman–Crippen LogP) is 1.70. The summed E-state index contributed by atoms with van der Waals surface area (Å²) in [5.41, 5.74) is 0.758. The van der Waals surface area contributed by atoms with Gasteiger partial charge in [-0.15, -0.1) is 0 Å². The highest BCUT2D eigenvalue weighted by molar-refractivity contribution is 5.52.